The first kappa shape index (κ1) is 25.4. The van der Waals surface area contributed by atoms with Crippen molar-refractivity contribution < 1.29 is 17.9 Å². The largest absolute Gasteiger partial charge is 0.497 e. The molecule has 0 saturated carbocycles. The minimum atomic E-state index is -4.40. The lowest BCUT2D eigenvalue weighted by molar-refractivity contribution is 0.0981. The third kappa shape index (κ3) is 4.60. The van der Waals surface area contributed by atoms with Crippen LogP contribution in [0.1, 0.15) is 43.1 Å². The van der Waals surface area contributed by atoms with Crippen LogP contribution >= 0.6 is 0 Å². The van der Waals surface area contributed by atoms with Gasteiger partial charge in [-0.05, 0) is 81.1 Å². The summed E-state index contributed by atoms with van der Waals surface area (Å²) in [5.74, 6) is 0.595. The number of aromatic nitrogens is 2. The number of rotatable bonds is 6. The highest BCUT2D eigenvalue weighted by molar-refractivity contribution is 7.90. The van der Waals surface area contributed by atoms with E-state index >= 15 is 0 Å². The predicted molar refractivity (Wildman–Crippen MR) is 138 cm³/mol. The smallest absolute Gasteiger partial charge is 0.269 e. The molecule has 3 heterocycles. The second-order valence-corrected chi connectivity index (χ2v) is 11.2. The number of carbonyl (C=O) groups excluding carboxylic acids is 1. The van der Waals surface area contributed by atoms with Crippen molar-refractivity contribution in [2.24, 2.45) is 5.92 Å². The zero-order chi connectivity index (χ0) is 26.3. The fourth-order valence-corrected chi connectivity index (χ4v) is 5.52. The number of nitrogens with zero attached hydrogens (tertiary/aromatic N) is 2. The molecule has 4 rings (SSSR count). The molecule has 1 aromatic carbocycles. The van der Waals surface area contributed by atoms with Crippen LogP contribution in [0.25, 0.3) is 11.3 Å². The molecule has 2 N–H and O–H groups in total. The summed E-state index contributed by atoms with van der Waals surface area (Å²) in [6.07, 6.45) is 2.22. The number of aryl methyl sites for hydroxylation is 1. The Morgan fingerprint density at radius 3 is 2.58 bits per heavy atom. The number of carbonyl (C=O) groups is 1. The second kappa shape index (κ2) is 9.42. The van der Waals surface area contributed by atoms with Gasteiger partial charge in [-0.15, -0.1) is 0 Å². The molecule has 1 unspecified atom stereocenters. The normalized spacial score (nSPS) is 17.1. The Labute approximate surface area is 210 Å². The average Bonchev–Trinajstić information content (AvgIpc) is 3.10. The molecule has 36 heavy (non-hydrogen) atoms. The molecule has 3 aromatic rings. The molecule has 1 atom stereocenters. The zero-order valence-electron chi connectivity index (χ0n) is 21.0. The number of sulfonamides is 1. The molecule has 1 amide bonds. The number of benzene rings is 1. The highest BCUT2D eigenvalue weighted by atomic mass is 32.2. The lowest BCUT2D eigenvalue weighted by atomic mass is 9.90. The fraction of sp³-hybridized carbons (Fsp3) is 0.346. The lowest BCUT2D eigenvalue weighted by Crippen LogP contribution is -2.44. The van der Waals surface area contributed by atoms with E-state index in [1.54, 1.807) is 19.2 Å². The number of hydrogen-bond acceptors (Lipinski definition) is 7. The maximum atomic E-state index is 13.3. The van der Waals surface area contributed by atoms with Crippen molar-refractivity contribution in [3.63, 3.8) is 0 Å². The second-order valence-electron chi connectivity index (χ2n) is 9.54. The number of aromatic amines is 1. The first-order valence-corrected chi connectivity index (χ1v) is 13.1. The predicted octanol–water partition coefficient (Wildman–Crippen LogP) is 3.50. The number of ether oxygens (including phenoxy) is 1. The Hall–Kier alpha value is -3.66. The monoisotopic (exact) mass is 510 g/mol. The summed E-state index contributed by atoms with van der Waals surface area (Å²) in [5, 5.41) is 0. The number of pyridine rings is 2. The summed E-state index contributed by atoms with van der Waals surface area (Å²) >= 11 is 0. The highest BCUT2D eigenvalue weighted by Gasteiger charge is 2.41. The Bertz CT molecular complexity index is 1480. The SMILES string of the molecule is COc1ccc(-c2ccc(C(=O)NS(=O)(=O)c3ccc[nH]c3=O)c(N3CCC(C)C3(C)C)n2)c(C)c1. The van der Waals surface area contributed by atoms with Crippen LogP contribution in [0, 0.1) is 12.8 Å². The van der Waals surface area contributed by atoms with E-state index in [4.69, 9.17) is 9.72 Å². The first-order chi connectivity index (χ1) is 17.0. The van der Waals surface area contributed by atoms with Gasteiger partial charge in [0.1, 0.15) is 11.6 Å². The summed E-state index contributed by atoms with van der Waals surface area (Å²) < 4.78 is 33.0. The van der Waals surface area contributed by atoms with Crippen molar-refractivity contribution in [2.75, 3.05) is 18.6 Å². The third-order valence-electron chi connectivity index (χ3n) is 7.07. The van der Waals surface area contributed by atoms with E-state index in [2.05, 4.69) is 30.7 Å². The molecule has 0 bridgehead atoms. The van der Waals surface area contributed by atoms with Crippen LogP contribution in [0.15, 0.2) is 58.4 Å². The van der Waals surface area contributed by atoms with Gasteiger partial charge in [-0.25, -0.2) is 18.1 Å². The van der Waals surface area contributed by atoms with Crippen molar-refractivity contribution in [1.82, 2.24) is 14.7 Å². The first-order valence-electron chi connectivity index (χ1n) is 11.6. The number of anilines is 1. The van der Waals surface area contributed by atoms with Crippen molar-refractivity contribution in [2.45, 2.75) is 44.6 Å². The van der Waals surface area contributed by atoms with Gasteiger partial charge in [0.25, 0.3) is 21.5 Å². The van der Waals surface area contributed by atoms with E-state index in [-0.39, 0.29) is 11.1 Å². The van der Waals surface area contributed by atoms with Crippen molar-refractivity contribution in [1.29, 1.82) is 0 Å². The van der Waals surface area contributed by atoms with Crippen LogP contribution in [0.4, 0.5) is 5.82 Å². The number of methoxy groups -OCH3 is 1. The standard InChI is InChI=1S/C26H30N4O5S/c1-16-15-18(35-5)8-9-19(16)21-11-10-20(23(28-21)30-14-12-17(2)26(30,3)4)24(31)29-36(33,34)22-7-6-13-27-25(22)32/h6-11,13,15,17H,12,14H2,1-5H3,(H,27,32)(H,29,31). The average molecular weight is 511 g/mol. The van der Waals surface area contributed by atoms with Crippen LogP contribution in [-0.4, -0.2) is 43.5 Å². The molecule has 1 aliphatic rings. The van der Waals surface area contributed by atoms with Crippen LogP contribution < -0.4 is 19.9 Å². The number of amides is 1. The molecule has 10 heteroatoms. The summed E-state index contributed by atoms with van der Waals surface area (Å²) in [7, 11) is -2.79. The Morgan fingerprint density at radius 1 is 1.22 bits per heavy atom. The molecule has 190 valence electrons. The number of hydrogen-bond donors (Lipinski definition) is 2. The molecule has 1 saturated heterocycles. The molecule has 1 fully saturated rings. The van der Waals surface area contributed by atoms with Gasteiger partial charge in [0.2, 0.25) is 0 Å². The topological polar surface area (TPSA) is 121 Å². The van der Waals surface area contributed by atoms with E-state index < -0.39 is 26.4 Å². The Kier molecular flexibility index (Phi) is 6.66. The molecular formula is C26H30N4O5S. The lowest BCUT2D eigenvalue weighted by Gasteiger charge is -2.36. The maximum Gasteiger partial charge on any atom is 0.269 e. The maximum absolute atomic E-state index is 13.3. The minimum Gasteiger partial charge on any atom is -0.497 e. The van der Waals surface area contributed by atoms with Gasteiger partial charge >= 0.3 is 0 Å². The van der Waals surface area contributed by atoms with Gasteiger partial charge in [-0.1, -0.05) is 6.92 Å². The zero-order valence-corrected chi connectivity index (χ0v) is 21.8. The highest BCUT2D eigenvalue weighted by Crippen LogP contribution is 2.39. The summed E-state index contributed by atoms with van der Waals surface area (Å²) in [4.78, 5) is 34.1. The Morgan fingerprint density at radius 2 is 1.97 bits per heavy atom. The molecular weight excluding hydrogens is 480 g/mol. The summed E-state index contributed by atoms with van der Waals surface area (Å²) in [5.41, 5.74) is 1.46. The van der Waals surface area contributed by atoms with Gasteiger partial charge in [0, 0.05) is 23.8 Å². The van der Waals surface area contributed by atoms with Crippen molar-refractivity contribution in [3.05, 3.63) is 70.1 Å². The summed E-state index contributed by atoms with van der Waals surface area (Å²) in [6.45, 7) is 8.92. The quantitative estimate of drug-likeness (QED) is 0.521. The minimum absolute atomic E-state index is 0.114. The van der Waals surface area contributed by atoms with Gasteiger partial charge in [0.15, 0.2) is 4.90 Å². The van der Waals surface area contributed by atoms with Crippen molar-refractivity contribution in [3.8, 4) is 17.0 Å². The van der Waals surface area contributed by atoms with Gasteiger partial charge in [0.05, 0.1) is 18.4 Å². The van der Waals surface area contributed by atoms with Gasteiger partial charge < -0.3 is 14.6 Å². The third-order valence-corrected chi connectivity index (χ3v) is 8.43. The summed E-state index contributed by atoms with van der Waals surface area (Å²) in [6, 6.07) is 11.5. The molecule has 0 radical (unpaired) electrons. The van der Waals surface area contributed by atoms with E-state index in [0.717, 1.165) is 29.4 Å². The van der Waals surface area contributed by atoms with E-state index in [9.17, 15) is 18.0 Å². The van der Waals surface area contributed by atoms with Crippen molar-refractivity contribution >= 4 is 21.7 Å². The van der Waals surface area contributed by atoms with Crippen LogP contribution in [0.3, 0.4) is 0 Å². The molecule has 2 aromatic heterocycles. The molecule has 9 nitrogen and oxygen atoms in total. The number of H-pyrrole nitrogens is 1. The molecule has 0 aliphatic carbocycles. The van der Waals surface area contributed by atoms with Gasteiger partial charge in [-0.3, -0.25) is 9.59 Å². The molecule has 0 spiro atoms. The van der Waals surface area contributed by atoms with E-state index in [0.29, 0.717) is 24.0 Å². The van der Waals surface area contributed by atoms with E-state index in [1.807, 2.05) is 29.8 Å². The molecule has 1 aliphatic heterocycles. The van der Waals surface area contributed by atoms with E-state index in [1.165, 1.54) is 12.3 Å². The van der Waals surface area contributed by atoms with Crippen LogP contribution in [0.2, 0.25) is 0 Å². The number of nitrogens with one attached hydrogen (secondary N) is 2. The van der Waals surface area contributed by atoms with Crippen LogP contribution in [-0.2, 0) is 10.0 Å². The van der Waals surface area contributed by atoms with Crippen LogP contribution in [0.5, 0.6) is 5.75 Å². The van der Waals surface area contributed by atoms with Gasteiger partial charge in [-0.2, -0.15) is 0 Å². The fourth-order valence-electron chi connectivity index (χ4n) is 4.49. The Balaban J connectivity index is 1.80.